The third-order valence-electron chi connectivity index (χ3n) is 1.77. The minimum Gasteiger partial charge on any atom is -0.258 e. The van der Waals surface area contributed by atoms with Gasteiger partial charge in [-0.3, -0.25) is 10.1 Å². The quantitative estimate of drug-likeness (QED) is 0.461. The van der Waals surface area contributed by atoms with Gasteiger partial charge in [0.2, 0.25) is 0 Å². The van der Waals surface area contributed by atoms with Gasteiger partial charge in [0.1, 0.15) is 5.69 Å². The van der Waals surface area contributed by atoms with Crippen LogP contribution in [0.1, 0.15) is 23.4 Å². The van der Waals surface area contributed by atoms with Crippen LogP contribution < -0.4 is 0 Å². The maximum Gasteiger partial charge on any atom is 0.300 e. The van der Waals surface area contributed by atoms with E-state index < -0.39 is 22.6 Å². The molecule has 0 aliphatic rings. The lowest BCUT2D eigenvalue weighted by atomic mass is 10.1. The Morgan fingerprint density at radius 3 is 2.67 bits per heavy atom. The molecule has 0 unspecified atom stereocenters. The Balaban J connectivity index is 3.47. The van der Waals surface area contributed by atoms with E-state index in [1.54, 1.807) is 0 Å². The molecule has 4 nitrogen and oxygen atoms in total. The fraction of sp³-hybridized carbons (Fsp3) is 0.375. The van der Waals surface area contributed by atoms with Gasteiger partial charge in [0.25, 0.3) is 6.43 Å². The summed E-state index contributed by atoms with van der Waals surface area (Å²) in [5, 5.41) is 10.6. The van der Waals surface area contributed by atoms with Crippen molar-refractivity contribution in [1.29, 1.82) is 0 Å². The van der Waals surface area contributed by atoms with Gasteiger partial charge in [-0.25, -0.2) is 13.8 Å². The summed E-state index contributed by atoms with van der Waals surface area (Å²) < 4.78 is 25.0. The van der Waals surface area contributed by atoms with E-state index in [2.05, 4.69) is 4.98 Å². The van der Waals surface area contributed by atoms with E-state index in [9.17, 15) is 18.9 Å². The van der Waals surface area contributed by atoms with Crippen LogP contribution >= 0.6 is 11.6 Å². The molecule has 15 heavy (non-hydrogen) atoms. The van der Waals surface area contributed by atoms with Gasteiger partial charge in [-0.2, -0.15) is 0 Å². The number of aromatic nitrogens is 1. The summed E-state index contributed by atoms with van der Waals surface area (Å²) >= 11 is 5.41. The van der Waals surface area contributed by atoms with Gasteiger partial charge < -0.3 is 0 Å². The Morgan fingerprint density at radius 2 is 2.27 bits per heavy atom. The van der Waals surface area contributed by atoms with E-state index in [1.807, 2.05) is 0 Å². The van der Waals surface area contributed by atoms with Crippen LogP contribution in [0, 0.1) is 17.0 Å². The van der Waals surface area contributed by atoms with Crippen LogP contribution in [-0.2, 0) is 5.88 Å². The summed E-state index contributed by atoms with van der Waals surface area (Å²) in [6.07, 6.45) is -2.91. The van der Waals surface area contributed by atoms with Crippen molar-refractivity contribution in [2.45, 2.75) is 19.2 Å². The molecule has 0 radical (unpaired) electrons. The van der Waals surface area contributed by atoms with Crippen molar-refractivity contribution in [2.24, 2.45) is 0 Å². The second-order valence-electron chi connectivity index (χ2n) is 2.84. The van der Waals surface area contributed by atoms with E-state index in [4.69, 9.17) is 11.6 Å². The van der Waals surface area contributed by atoms with Crippen molar-refractivity contribution >= 4 is 17.3 Å². The van der Waals surface area contributed by atoms with Crippen LogP contribution in [-0.4, -0.2) is 9.91 Å². The normalized spacial score (nSPS) is 10.7. The van der Waals surface area contributed by atoms with E-state index in [-0.39, 0.29) is 17.3 Å². The standard InChI is InChI=1S/C8H7ClF2N2O2/c1-4-2-5(8(10)11)7(13(14)15)6(3-9)12-4/h2,8H,3H2,1H3. The molecular weight excluding hydrogens is 230 g/mol. The number of halogens is 3. The zero-order valence-corrected chi connectivity index (χ0v) is 8.46. The molecule has 0 amide bonds. The van der Waals surface area contributed by atoms with E-state index in [0.717, 1.165) is 6.07 Å². The molecule has 1 aromatic heterocycles. The number of aryl methyl sites for hydroxylation is 1. The zero-order chi connectivity index (χ0) is 11.6. The number of rotatable bonds is 3. The molecule has 0 aliphatic carbocycles. The largest absolute Gasteiger partial charge is 0.300 e. The molecule has 0 aromatic carbocycles. The van der Waals surface area contributed by atoms with Gasteiger partial charge in [0.05, 0.1) is 16.4 Å². The fourth-order valence-electron chi connectivity index (χ4n) is 1.23. The second-order valence-corrected chi connectivity index (χ2v) is 3.11. The summed E-state index contributed by atoms with van der Waals surface area (Å²) in [6.45, 7) is 1.48. The predicted octanol–water partition coefficient (Wildman–Crippen LogP) is 2.97. The first-order valence-corrected chi connectivity index (χ1v) is 4.49. The minimum atomic E-state index is -2.91. The Labute approximate surface area is 89.0 Å². The Kier molecular flexibility index (Phi) is 3.52. The smallest absolute Gasteiger partial charge is 0.258 e. The number of nitrogens with zero attached hydrogens (tertiary/aromatic N) is 2. The molecule has 82 valence electrons. The third-order valence-corrected chi connectivity index (χ3v) is 2.02. The number of alkyl halides is 3. The predicted molar refractivity (Wildman–Crippen MR) is 50.1 cm³/mol. The lowest BCUT2D eigenvalue weighted by Crippen LogP contribution is -2.04. The molecule has 7 heteroatoms. The Hall–Kier alpha value is -1.30. The monoisotopic (exact) mass is 236 g/mol. The molecule has 1 aromatic rings. The molecule has 0 saturated carbocycles. The van der Waals surface area contributed by atoms with Crippen molar-refractivity contribution in [3.63, 3.8) is 0 Å². The number of hydrogen-bond acceptors (Lipinski definition) is 3. The van der Waals surface area contributed by atoms with Crippen LogP contribution in [0.15, 0.2) is 6.07 Å². The van der Waals surface area contributed by atoms with Crippen molar-refractivity contribution in [1.82, 2.24) is 4.98 Å². The van der Waals surface area contributed by atoms with Gasteiger partial charge >= 0.3 is 5.69 Å². The number of nitro groups is 1. The first-order valence-electron chi connectivity index (χ1n) is 3.96. The average molecular weight is 237 g/mol. The zero-order valence-electron chi connectivity index (χ0n) is 7.71. The minimum absolute atomic E-state index is 0.128. The highest BCUT2D eigenvalue weighted by atomic mass is 35.5. The maximum absolute atomic E-state index is 12.5. The lowest BCUT2D eigenvalue weighted by Gasteiger charge is -2.06. The van der Waals surface area contributed by atoms with Crippen molar-refractivity contribution in [3.05, 3.63) is 33.1 Å². The highest BCUT2D eigenvalue weighted by molar-refractivity contribution is 6.17. The van der Waals surface area contributed by atoms with Crippen LogP contribution in [0.4, 0.5) is 14.5 Å². The van der Waals surface area contributed by atoms with Crippen LogP contribution in [0.25, 0.3) is 0 Å². The lowest BCUT2D eigenvalue weighted by molar-refractivity contribution is -0.387. The van der Waals surface area contributed by atoms with E-state index in [1.165, 1.54) is 6.92 Å². The molecular formula is C8H7ClF2N2O2. The molecule has 0 aliphatic heterocycles. The number of pyridine rings is 1. The van der Waals surface area contributed by atoms with Crippen LogP contribution in [0.3, 0.4) is 0 Å². The van der Waals surface area contributed by atoms with Gasteiger partial charge in [0.15, 0.2) is 0 Å². The fourth-order valence-corrected chi connectivity index (χ4v) is 1.41. The van der Waals surface area contributed by atoms with Gasteiger partial charge in [-0.15, -0.1) is 11.6 Å². The Morgan fingerprint density at radius 1 is 1.67 bits per heavy atom. The van der Waals surface area contributed by atoms with Gasteiger partial charge in [-0.1, -0.05) is 0 Å². The highest BCUT2D eigenvalue weighted by Crippen LogP contribution is 2.32. The molecule has 0 atom stereocenters. The van der Waals surface area contributed by atoms with Gasteiger partial charge in [-0.05, 0) is 13.0 Å². The number of hydrogen-bond donors (Lipinski definition) is 0. The van der Waals surface area contributed by atoms with Crippen LogP contribution in [0.2, 0.25) is 0 Å². The molecule has 0 spiro atoms. The van der Waals surface area contributed by atoms with E-state index >= 15 is 0 Å². The summed E-state index contributed by atoms with van der Waals surface area (Å²) in [7, 11) is 0. The van der Waals surface area contributed by atoms with Gasteiger partial charge in [0, 0.05) is 5.69 Å². The van der Waals surface area contributed by atoms with Crippen LogP contribution in [0.5, 0.6) is 0 Å². The highest BCUT2D eigenvalue weighted by Gasteiger charge is 2.26. The first kappa shape index (κ1) is 11.8. The third kappa shape index (κ3) is 2.38. The van der Waals surface area contributed by atoms with Crippen molar-refractivity contribution in [3.8, 4) is 0 Å². The molecule has 0 fully saturated rings. The van der Waals surface area contributed by atoms with Crippen molar-refractivity contribution < 1.29 is 13.7 Å². The van der Waals surface area contributed by atoms with E-state index in [0.29, 0.717) is 0 Å². The summed E-state index contributed by atoms with van der Waals surface area (Å²) in [5.41, 5.74) is -1.17. The molecule has 1 rings (SSSR count). The summed E-state index contributed by atoms with van der Waals surface area (Å²) in [5.74, 6) is -0.266. The molecule has 0 bridgehead atoms. The summed E-state index contributed by atoms with van der Waals surface area (Å²) in [4.78, 5) is 13.5. The van der Waals surface area contributed by atoms with Crippen molar-refractivity contribution in [2.75, 3.05) is 0 Å². The SMILES string of the molecule is Cc1cc(C(F)F)c([N+](=O)[O-])c(CCl)n1. The maximum atomic E-state index is 12.5. The molecule has 0 N–H and O–H groups in total. The topological polar surface area (TPSA) is 56.0 Å². The average Bonchev–Trinajstić information content (AvgIpc) is 2.15. The second kappa shape index (κ2) is 4.48. The molecule has 0 saturated heterocycles. The summed E-state index contributed by atoms with van der Waals surface area (Å²) in [6, 6.07) is 0.999. The first-order chi connectivity index (χ1) is 6.97. The Bertz CT molecular complexity index is 398. The molecule has 1 heterocycles.